The van der Waals surface area contributed by atoms with Gasteiger partial charge in [-0.3, -0.25) is 0 Å². The summed E-state index contributed by atoms with van der Waals surface area (Å²) in [4.78, 5) is 11.0. The fourth-order valence-electron chi connectivity index (χ4n) is 2.00. The van der Waals surface area contributed by atoms with E-state index >= 15 is 0 Å². The van der Waals surface area contributed by atoms with Crippen LogP contribution in [-0.2, 0) is 0 Å². The third-order valence-corrected chi connectivity index (χ3v) is 3.24. The third-order valence-electron chi connectivity index (χ3n) is 2.68. The van der Waals surface area contributed by atoms with Gasteiger partial charge in [-0.25, -0.2) is 9.97 Å². The molecule has 0 amide bonds. The smallest absolute Gasteiger partial charge is 0.225 e. The van der Waals surface area contributed by atoms with Gasteiger partial charge in [-0.05, 0) is 42.5 Å². The lowest BCUT2D eigenvalue weighted by Crippen LogP contribution is -2.37. The Labute approximate surface area is 104 Å². The summed E-state index contributed by atoms with van der Waals surface area (Å²) in [6.45, 7) is 2.09. The molecule has 1 fully saturated rings. The van der Waals surface area contributed by atoms with Crippen molar-refractivity contribution in [1.29, 1.82) is 0 Å². The van der Waals surface area contributed by atoms with Crippen molar-refractivity contribution in [1.82, 2.24) is 15.3 Å². The minimum atomic E-state index is 0.551. The van der Waals surface area contributed by atoms with E-state index in [2.05, 4.69) is 42.8 Å². The zero-order valence-electron chi connectivity index (χ0n) is 8.78. The van der Waals surface area contributed by atoms with Crippen LogP contribution < -0.4 is 10.2 Å². The summed E-state index contributed by atoms with van der Waals surface area (Å²) in [6.07, 6.45) is 6.22. The van der Waals surface area contributed by atoms with Crippen molar-refractivity contribution in [2.75, 3.05) is 25.0 Å². The zero-order valence-corrected chi connectivity index (χ0v) is 10.9. The Bertz CT molecular complexity index is 314. The zero-order chi connectivity index (χ0) is 10.7. The number of halogens is 1. The molecule has 0 bridgehead atoms. The van der Waals surface area contributed by atoms with Gasteiger partial charge in [0.2, 0.25) is 5.95 Å². The molecule has 0 aromatic carbocycles. The second-order valence-corrected chi connectivity index (χ2v) is 4.99. The Morgan fingerprint density at radius 2 is 2.27 bits per heavy atom. The van der Waals surface area contributed by atoms with Crippen molar-refractivity contribution in [3.05, 3.63) is 16.0 Å². The molecule has 0 radical (unpaired) electrons. The van der Waals surface area contributed by atoms with Crippen molar-refractivity contribution in [3.8, 4) is 0 Å². The molecule has 2 heterocycles. The Balaban J connectivity index is 2.11. The van der Waals surface area contributed by atoms with Crippen molar-refractivity contribution in [2.45, 2.75) is 18.9 Å². The first-order valence-corrected chi connectivity index (χ1v) is 6.28. The molecule has 1 unspecified atom stereocenters. The van der Waals surface area contributed by atoms with Gasteiger partial charge >= 0.3 is 0 Å². The Morgan fingerprint density at radius 3 is 2.93 bits per heavy atom. The van der Waals surface area contributed by atoms with E-state index in [0.717, 1.165) is 22.6 Å². The van der Waals surface area contributed by atoms with Gasteiger partial charge in [0.25, 0.3) is 0 Å². The Kier molecular flexibility index (Phi) is 3.74. The fourth-order valence-corrected chi connectivity index (χ4v) is 2.28. The topological polar surface area (TPSA) is 41.0 Å². The maximum absolute atomic E-state index is 4.37. The summed E-state index contributed by atoms with van der Waals surface area (Å²) < 4.78 is 1.08. The molecule has 0 spiro atoms. The van der Waals surface area contributed by atoms with Crippen LogP contribution in [0, 0.1) is 3.57 Å². The van der Waals surface area contributed by atoms with E-state index in [0.29, 0.717) is 6.04 Å². The van der Waals surface area contributed by atoms with Crippen molar-refractivity contribution in [3.63, 3.8) is 0 Å². The number of hydrogen-bond acceptors (Lipinski definition) is 4. The summed E-state index contributed by atoms with van der Waals surface area (Å²) >= 11 is 2.23. The van der Waals surface area contributed by atoms with Gasteiger partial charge in [0, 0.05) is 35.1 Å². The summed E-state index contributed by atoms with van der Waals surface area (Å²) in [6, 6.07) is 0.551. The standard InChI is InChI=1S/C10H15IN4/c1-12-7-9-3-2-4-15(9)10-13-5-8(11)6-14-10/h5-6,9,12H,2-4,7H2,1H3. The lowest BCUT2D eigenvalue weighted by Gasteiger charge is -2.24. The molecule has 1 atom stereocenters. The summed E-state index contributed by atoms with van der Waals surface area (Å²) in [5.74, 6) is 0.869. The van der Waals surface area contributed by atoms with Gasteiger partial charge in [-0.15, -0.1) is 0 Å². The molecule has 2 rings (SSSR count). The number of anilines is 1. The Morgan fingerprint density at radius 1 is 1.53 bits per heavy atom. The Hall–Kier alpha value is -0.430. The maximum Gasteiger partial charge on any atom is 0.225 e. The number of rotatable bonds is 3. The molecule has 1 aromatic rings. The average Bonchev–Trinajstić information content (AvgIpc) is 2.68. The molecule has 1 aliphatic heterocycles. The molecule has 0 aliphatic carbocycles. The molecule has 82 valence electrons. The highest BCUT2D eigenvalue weighted by molar-refractivity contribution is 14.1. The molecule has 1 N–H and O–H groups in total. The number of hydrogen-bond donors (Lipinski definition) is 1. The first-order valence-electron chi connectivity index (χ1n) is 5.20. The minimum absolute atomic E-state index is 0.551. The molecular weight excluding hydrogens is 303 g/mol. The maximum atomic E-state index is 4.37. The number of likely N-dealkylation sites (N-methyl/N-ethyl adjacent to an activating group) is 1. The van der Waals surface area contributed by atoms with E-state index in [4.69, 9.17) is 0 Å². The van der Waals surface area contributed by atoms with Crippen LogP contribution in [0.15, 0.2) is 12.4 Å². The van der Waals surface area contributed by atoms with Gasteiger partial charge in [-0.1, -0.05) is 0 Å². The van der Waals surface area contributed by atoms with Gasteiger partial charge in [-0.2, -0.15) is 0 Å². The number of nitrogens with one attached hydrogen (secondary N) is 1. The number of aromatic nitrogens is 2. The van der Waals surface area contributed by atoms with Crippen molar-refractivity contribution >= 4 is 28.5 Å². The van der Waals surface area contributed by atoms with Crippen LogP contribution in [0.2, 0.25) is 0 Å². The molecule has 5 heteroatoms. The largest absolute Gasteiger partial charge is 0.337 e. The molecule has 0 saturated carbocycles. The fraction of sp³-hybridized carbons (Fsp3) is 0.600. The van der Waals surface area contributed by atoms with Crippen LogP contribution in [0.1, 0.15) is 12.8 Å². The van der Waals surface area contributed by atoms with E-state index < -0.39 is 0 Å². The van der Waals surface area contributed by atoms with E-state index in [-0.39, 0.29) is 0 Å². The van der Waals surface area contributed by atoms with E-state index in [1.807, 2.05) is 19.4 Å². The SMILES string of the molecule is CNCC1CCCN1c1ncc(I)cn1. The van der Waals surface area contributed by atoms with Crippen LogP contribution >= 0.6 is 22.6 Å². The van der Waals surface area contributed by atoms with Crippen LogP contribution in [0.3, 0.4) is 0 Å². The molecule has 15 heavy (non-hydrogen) atoms. The summed E-state index contributed by atoms with van der Waals surface area (Å²) in [5, 5.41) is 3.22. The lowest BCUT2D eigenvalue weighted by molar-refractivity contribution is 0.607. The first-order chi connectivity index (χ1) is 7.31. The predicted octanol–water partition coefficient (Wildman–Crippen LogP) is 1.27. The second-order valence-electron chi connectivity index (χ2n) is 3.75. The van der Waals surface area contributed by atoms with Gasteiger partial charge in [0.15, 0.2) is 0 Å². The minimum Gasteiger partial charge on any atom is -0.337 e. The normalized spacial score (nSPS) is 20.9. The van der Waals surface area contributed by atoms with Crippen molar-refractivity contribution in [2.24, 2.45) is 0 Å². The quantitative estimate of drug-likeness (QED) is 0.852. The molecule has 1 aliphatic rings. The number of nitrogens with zero attached hydrogens (tertiary/aromatic N) is 3. The molecule has 4 nitrogen and oxygen atoms in total. The monoisotopic (exact) mass is 318 g/mol. The van der Waals surface area contributed by atoms with Crippen LogP contribution in [0.4, 0.5) is 5.95 Å². The predicted molar refractivity (Wildman–Crippen MR) is 69.0 cm³/mol. The first kappa shape index (κ1) is 11.1. The van der Waals surface area contributed by atoms with E-state index in [1.165, 1.54) is 12.8 Å². The molecule has 1 saturated heterocycles. The molecule has 1 aromatic heterocycles. The average molecular weight is 318 g/mol. The van der Waals surface area contributed by atoms with Crippen molar-refractivity contribution < 1.29 is 0 Å². The molecular formula is C10H15IN4. The second kappa shape index (κ2) is 5.07. The third kappa shape index (κ3) is 2.57. The highest BCUT2D eigenvalue weighted by Crippen LogP contribution is 2.21. The van der Waals surface area contributed by atoms with E-state index in [1.54, 1.807) is 0 Å². The summed E-state index contributed by atoms with van der Waals surface area (Å²) in [7, 11) is 1.99. The van der Waals surface area contributed by atoms with E-state index in [9.17, 15) is 0 Å². The van der Waals surface area contributed by atoms with Crippen LogP contribution in [-0.4, -0.2) is 36.1 Å². The lowest BCUT2D eigenvalue weighted by atomic mass is 10.2. The highest BCUT2D eigenvalue weighted by Gasteiger charge is 2.25. The highest BCUT2D eigenvalue weighted by atomic mass is 127. The van der Waals surface area contributed by atoms with Gasteiger partial charge in [0.1, 0.15) is 0 Å². The van der Waals surface area contributed by atoms with Crippen LogP contribution in [0.25, 0.3) is 0 Å². The van der Waals surface area contributed by atoms with Gasteiger partial charge < -0.3 is 10.2 Å². The summed E-state index contributed by atoms with van der Waals surface area (Å²) in [5.41, 5.74) is 0. The van der Waals surface area contributed by atoms with Gasteiger partial charge in [0.05, 0.1) is 0 Å². The van der Waals surface area contributed by atoms with Crippen LogP contribution in [0.5, 0.6) is 0 Å².